The third-order valence-electron chi connectivity index (χ3n) is 13.8. The smallest absolute Gasteiger partial charge is 0.409 e. The molecule has 0 radical (unpaired) electrons. The molecule has 80 heavy (non-hydrogen) atoms. The van der Waals surface area contributed by atoms with Crippen LogP contribution >= 0.6 is 41.8 Å². The first-order valence-corrected chi connectivity index (χ1v) is 31.8. The van der Waals surface area contributed by atoms with E-state index < -0.39 is 59.6 Å². The summed E-state index contributed by atoms with van der Waals surface area (Å²) in [4.78, 5) is 68.1. The maximum Gasteiger partial charge on any atom is 0.409 e. The van der Waals surface area contributed by atoms with Gasteiger partial charge in [0.15, 0.2) is 0 Å². The van der Waals surface area contributed by atoms with E-state index in [-0.39, 0.29) is 41.6 Å². The number of likely N-dealkylation sites (N-methyl/N-ethyl adjacent to an activating group) is 1. The molecule has 6 unspecified atom stereocenters. The molecule has 3 amide bonds. The number of nitrogens with one attached hydrogen (secondary N) is 1. The summed E-state index contributed by atoms with van der Waals surface area (Å²) in [6.07, 6.45) is -0.292. The van der Waals surface area contributed by atoms with Crippen LogP contribution < -0.4 is 15.0 Å². The van der Waals surface area contributed by atoms with Crippen LogP contribution in [0.3, 0.4) is 0 Å². The van der Waals surface area contributed by atoms with E-state index in [1.807, 2.05) is 52.6 Å². The highest BCUT2D eigenvalue weighted by Gasteiger charge is 2.64. The van der Waals surface area contributed by atoms with E-state index in [1.54, 1.807) is 38.7 Å². The lowest BCUT2D eigenvalue weighted by Gasteiger charge is -2.42. The number of nitrogens with zero attached hydrogens (tertiary/aromatic N) is 2. The molecule has 0 aliphatic carbocycles. The van der Waals surface area contributed by atoms with Crippen LogP contribution in [-0.4, -0.2) is 226 Å². The molecule has 458 valence electrons. The predicted octanol–water partition coefficient (Wildman–Crippen LogP) is 6.53. The van der Waals surface area contributed by atoms with Gasteiger partial charge in [-0.15, -0.1) is 8.58 Å². The third kappa shape index (κ3) is 25.5. The monoisotopic (exact) mass is 1210 g/mol. The number of aliphatic hydroxyl groups is 1. The number of carbonyl (C=O) groups excluding carboxylic acids is 5. The quantitative estimate of drug-likeness (QED) is 0.0176. The molecule has 2 saturated heterocycles. The Morgan fingerprint density at radius 1 is 0.812 bits per heavy atom. The Balaban J connectivity index is 1.36. The zero-order valence-corrected chi connectivity index (χ0v) is 52.3. The molecule has 2 aliphatic heterocycles. The molecule has 0 spiro atoms. The van der Waals surface area contributed by atoms with Crippen molar-refractivity contribution in [3.8, 4) is 5.75 Å². The van der Waals surface area contributed by atoms with Gasteiger partial charge in [0.1, 0.15) is 46.1 Å². The van der Waals surface area contributed by atoms with Crippen molar-refractivity contribution in [1.29, 1.82) is 0 Å². The SMILES string of the molecule is C/C=C(\C)Cc1cc(OC)c(Cl)c(N(C)C(=O)C[C@@H](OC(=O)C(C)N(C)C(=O)CCSSCCOCCOCCOCCOCCOCCOCCOCCOCCC(C)=O)C2(C)OC2C(C)C2C[C@@](O)([C@H](C)PC)NC(=O)O2)c1. The van der Waals surface area contributed by atoms with Gasteiger partial charge in [-0.05, 0) is 65.4 Å². The van der Waals surface area contributed by atoms with Crippen molar-refractivity contribution in [2.45, 2.75) is 122 Å². The Bertz CT molecular complexity index is 2070. The van der Waals surface area contributed by atoms with Crippen molar-refractivity contribution in [3.05, 3.63) is 34.4 Å². The molecule has 0 saturated carbocycles. The molecule has 25 heteroatoms. The van der Waals surface area contributed by atoms with Crippen molar-refractivity contribution in [2.24, 2.45) is 5.92 Å². The molecule has 1 aromatic carbocycles. The number of halogens is 1. The maximum atomic E-state index is 14.3. The Morgan fingerprint density at radius 2 is 1.32 bits per heavy atom. The van der Waals surface area contributed by atoms with E-state index in [1.165, 1.54) is 34.6 Å². The van der Waals surface area contributed by atoms with E-state index >= 15 is 0 Å². The highest BCUT2D eigenvalue weighted by molar-refractivity contribution is 8.76. The maximum absolute atomic E-state index is 14.3. The van der Waals surface area contributed by atoms with Gasteiger partial charge in [-0.1, -0.05) is 58.7 Å². The molecule has 3 rings (SSSR count). The number of carbonyl (C=O) groups is 5. The van der Waals surface area contributed by atoms with Crippen LogP contribution in [0.15, 0.2) is 23.8 Å². The number of rotatable bonds is 45. The number of ether oxygens (including phenoxy) is 12. The summed E-state index contributed by atoms with van der Waals surface area (Å²) in [7, 11) is 8.08. The molecule has 1 aromatic rings. The van der Waals surface area contributed by atoms with Gasteiger partial charge in [-0.2, -0.15) is 0 Å². The minimum absolute atomic E-state index is 0.106. The van der Waals surface area contributed by atoms with Crippen LogP contribution in [0.25, 0.3) is 0 Å². The summed E-state index contributed by atoms with van der Waals surface area (Å²) >= 11 is 6.80. The first-order chi connectivity index (χ1) is 38.2. The number of amides is 3. The molecule has 9 atom stereocenters. The molecule has 2 heterocycles. The number of hydrogen-bond acceptors (Lipinski definition) is 20. The van der Waals surface area contributed by atoms with E-state index in [9.17, 15) is 29.1 Å². The second kappa shape index (κ2) is 38.9. The Hall–Kier alpha value is -2.87. The summed E-state index contributed by atoms with van der Waals surface area (Å²) in [6.45, 7) is 21.7. The zero-order valence-electron chi connectivity index (χ0n) is 48.9. The van der Waals surface area contributed by atoms with Gasteiger partial charge >= 0.3 is 12.1 Å². The van der Waals surface area contributed by atoms with Gasteiger partial charge < -0.3 is 71.7 Å². The highest BCUT2D eigenvalue weighted by atomic mass is 35.5. The summed E-state index contributed by atoms with van der Waals surface area (Å²) in [5, 5.41) is 14.3. The average molecular weight is 1210 g/mol. The fraction of sp³-hybridized carbons (Fsp3) is 0.764. The summed E-state index contributed by atoms with van der Waals surface area (Å²) in [5.41, 5.74) is -0.553. The number of ketones is 1. The number of epoxide rings is 1. The average Bonchev–Trinajstić information content (AvgIpc) is 4.28. The molecule has 2 fully saturated rings. The summed E-state index contributed by atoms with van der Waals surface area (Å²) < 4.78 is 67.8. The number of methoxy groups -OCH3 is 1. The fourth-order valence-electron chi connectivity index (χ4n) is 8.22. The molecule has 0 aromatic heterocycles. The van der Waals surface area contributed by atoms with Crippen molar-refractivity contribution in [2.75, 3.05) is 150 Å². The zero-order chi connectivity index (χ0) is 59.1. The van der Waals surface area contributed by atoms with Gasteiger partial charge in [0, 0.05) is 56.4 Å². The number of esters is 1. The highest BCUT2D eigenvalue weighted by Crippen LogP contribution is 2.49. The van der Waals surface area contributed by atoms with Gasteiger partial charge in [-0.25, -0.2) is 9.59 Å². The van der Waals surface area contributed by atoms with E-state index in [0.29, 0.717) is 150 Å². The topological polar surface area (TPSA) is 238 Å². The summed E-state index contributed by atoms with van der Waals surface area (Å²) in [5.74, 6) is -0.189. The lowest BCUT2D eigenvalue weighted by atomic mass is 9.84. The molecular weight excluding hydrogens is 1120 g/mol. The Labute approximate surface area is 489 Å². The summed E-state index contributed by atoms with van der Waals surface area (Å²) in [6, 6.07) is 2.64. The lowest BCUT2D eigenvalue weighted by molar-refractivity contribution is -0.161. The number of cyclic esters (lactones) is 1. The first-order valence-electron chi connectivity index (χ1n) is 27.4. The number of anilines is 1. The molecule has 0 bridgehead atoms. The molecular formula is C55H91ClN3O18PS2. The minimum atomic E-state index is -1.49. The number of Topliss-reactive ketones (excluding diaryl/α,β-unsaturated/α-hetero) is 1. The third-order valence-corrected chi connectivity index (χ3v) is 17.9. The Morgan fingerprint density at radius 3 is 1.82 bits per heavy atom. The Kier molecular flexibility index (Phi) is 34.7. The first kappa shape index (κ1) is 71.4. The standard InChI is InChI=1S/C55H91ClN3O18PS2/c1-12-38(2)33-43-34-44(50(56)45(35-43)66-10)59(9)49(62)36-47(54(7)51(77-54)40(4)46-37-55(65,42(6)78-11)57-53(64)75-46)76-52(63)41(5)58(8)48(61)14-31-79-80-32-30-74-29-28-73-27-26-72-25-24-71-23-22-70-21-20-69-19-18-68-17-16-67-15-13-39(3)60/h12,34-35,40-42,46-47,51,65,78H,13-33,36-37H2,1-11H3,(H,57,64)/b38-12+/t40?,41?,42-,46?,47+,51?,54?,55+/m0/s1. The minimum Gasteiger partial charge on any atom is -0.495 e. The second-order valence-electron chi connectivity index (χ2n) is 19.7. The van der Waals surface area contributed by atoms with E-state index in [0.717, 1.165) is 11.1 Å². The van der Waals surface area contributed by atoms with Crippen LogP contribution in [0, 0.1) is 5.92 Å². The largest absolute Gasteiger partial charge is 0.495 e. The lowest BCUT2D eigenvalue weighted by Crippen LogP contribution is -2.62. The van der Waals surface area contributed by atoms with Gasteiger partial charge in [0.25, 0.3) is 0 Å². The van der Waals surface area contributed by atoms with Gasteiger partial charge in [0.05, 0.1) is 131 Å². The van der Waals surface area contributed by atoms with Crippen LogP contribution in [-0.2, 0) is 77.7 Å². The molecule has 21 nitrogen and oxygen atoms in total. The van der Waals surface area contributed by atoms with E-state index in [2.05, 4.69) is 5.32 Å². The van der Waals surface area contributed by atoms with Crippen molar-refractivity contribution in [3.63, 3.8) is 0 Å². The number of benzene rings is 1. The number of hydrogen-bond donors (Lipinski definition) is 2. The second-order valence-corrected chi connectivity index (χ2v) is 24.3. The molecule has 2 N–H and O–H groups in total. The molecule has 2 aliphatic rings. The van der Waals surface area contributed by atoms with E-state index in [4.69, 9.17) is 68.4 Å². The normalized spacial score (nSPS) is 20.7. The van der Waals surface area contributed by atoms with Crippen LogP contribution in [0.2, 0.25) is 5.02 Å². The van der Waals surface area contributed by atoms with Crippen LogP contribution in [0.1, 0.15) is 79.7 Å². The predicted molar refractivity (Wildman–Crippen MR) is 312 cm³/mol. The van der Waals surface area contributed by atoms with Gasteiger partial charge in [-0.3, -0.25) is 19.7 Å². The van der Waals surface area contributed by atoms with Crippen LogP contribution in [0.4, 0.5) is 10.5 Å². The fourth-order valence-corrected chi connectivity index (χ4v) is 11.0. The number of alkyl carbamates (subject to hydrolysis) is 1. The van der Waals surface area contributed by atoms with Crippen LogP contribution in [0.5, 0.6) is 5.75 Å². The van der Waals surface area contributed by atoms with Crippen molar-refractivity contribution < 1.29 is 85.9 Å². The van der Waals surface area contributed by atoms with Crippen molar-refractivity contribution in [1.82, 2.24) is 10.2 Å². The number of allylic oxidation sites excluding steroid dienone is 2. The van der Waals surface area contributed by atoms with Gasteiger partial charge in [0.2, 0.25) is 11.8 Å². The van der Waals surface area contributed by atoms with Crippen molar-refractivity contribution >= 4 is 77.1 Å².